The van der Waals surface area contributed by atoms with Crippen molar-refractivity contribution in [2.75, 3.05) is 6.61 Å². The van der Waals surface area contributed by atoms with E-state index in [0.717, 1.165) is 5.56 Å². The first-order chi connectivity index (χ1) is 14.0. The molecule has 0 saturated carbocycles. The van der Waals surface area contributed by atoms with Gasteiger partial charge >= 0.3 is 0 Å². The molecule has 29 heavy (non-hydrogen) atoms. The highest BCUT2D eigenvalue weighted by molar-refractivity contribution is 6.30. The molecule has 0 aliphatic carbocycles. The van der Waals surface area contributed by atoms with Gasteiger partial charge in [-0.1, -0.05) is 11.6 Å². The Balaban J connectivity index is 1.45. The maximum Gasteiger partial charge on any atom is 0.269 e. The van der Waals surface area contributed by atoms with Crippen LogP contribution in [-0.4, -0.2) is 23.4 Å². The number of amides is 2. The number of aromatic nitrogens is 1. The van der Waals surface area contributed by atoms with Crippen LogP contribution in [0, 0.1) is 0 Å². The van der Waals surface area contributed by atoms with E-state index in [4.69, 9.17) is 20.8 Å². The molecule has 2 amide bonds. The summed E-state index contributed by atoms with van der Waals surface area (Å²) >= 11 is 5.87. The third-order valence-corrected chi connectivity index (χ3v) is 4.24. The van der Waals surface area contributed by atoms with Crippen molar-refractivity contribution in [3.8, 4) is 17.1 Å². The average molecular weight is 414 g/mol. The minimum absolute atomic E-state index is 0.115. The number of aryl methyl sites for hydroxylation is 1. The number of hydrogen-bond acceptors (Lipinski definition) is 5. The molecule has 0 unspecified atom stereocenters. The molecule has 2 aromatic carbocycles. The summed E-state index contributed by atoms with van der Waals surface area (Å²) in [6.45, 7) is 2.43. The first-order valence-electron chi connectivity index (χ1n) is 9.08. The summed E-state index contributed by atoms with van der Waals surface area (Å²) in [7, 11) is 0. The monoisotopic (exact) mass is 413 g/mol. The summed E-state index contributed by atoms with van der Waals surface area (Å²) in [4.78, 5) is 28.2. The Bertz CT molecular complexity index is 968. The fourth-order valence-corrected chi connectivity index (χ4v) is 2.65. The van der Waals surface area contributed by atoms with Crippen LogP contribution in [0.1, 0.15) is 29.6 Å². The van der Waals surface area contributed by atoms with Gasteiger partial charge in [0.2, 0.25) is 5.91 Å². The second-order valence-electron chi connectivity index (χ2n) is 6.08. The molecule has 0 atom stereocenters. The average Bonchev–Trinajstić information content (AvgIpc) is 3.21. The van der Waals surface area contributed by atoms with E-state index in [-0.39, 0.29) is 12.3 Å². The maximum absolute atomic E-state index is 12.1. The van der Waals surface area contributed by atoms with E-state index in [1.807, 2.05) is 19.1 Å². The van der Waals surface area contributed by atoms with Crippen LogP contribution in [0.25, 0.3) is 11.3 Å². The van der Waals surface area contributed by atoms with E-state index in [0.29, 0.717) is 41.0 Å². The number of ether oxygens (including phenoxy) is 1. The predicted molar refractivity (Wildman–Crippen MR) is 108 cm³/mol. The van der Waals surface area contributed by atoms with Gasteiger partial charge in [-0.25, -0.2) is 4.98 Å². The van der Waals surface area contributed by atoms with Gasteiger partial charge < -0.3 is 9.15 Å². The number of hydrogen-bond donors (Lipinski definition) is 2. The molecular formula is C21H20ClN3O4. The smallest absolute Gasteiger partial charge is 0.269 e. The standard InChI is InChI=1S/C21H20ClN3O4/c1-2-28-17-9-5-15(6-10-17)21(27)25-24-19(26)11-12-20-23-13-18(29-20)14-3-7-16(22)8-4-14/h3-10,13H,2,11-12H2,1H3,(H,24,26)(H,25,27). The summed E-state index contributed by atoms with van der Waals surface area (Å²) in [6.07, 6.45) is 2.02. The van der Waals surface area contributed by atoms with Crippen LogP contribution < -0.4 is 15.6 Å². The third kappa shape index (κ3) is 5.83. The molecule has 150 valence electrons. The van der Waals surface area contributed by atoms with Crippen molar-refractivity contribution in [1.29, 1.82) is 0 Å². The van der Waals surface area contributed by atoms with E-state index in [9.17, 15) is 9.59 Å². The SMILES string of the molecule is CCOc1ccc(C(=O)NNC(=O)CCc2ncc(-c3ccc(Cl)cc3)o2)cc1. The fraction of sp³-hybridized carbons (Fsp3) is 0.190. The number of benzene rings is 2. The second kappa shape index (κ2) is 9.75. The zero-order chi connectivity index (χ0) is 20.6. The molecule has 3 rings (SSSR count). The van der Waals surface area contributed by atoms with Crippen molar-refractivity contribution in [3.63, 3.8) is 0 Å². The zero-order valence-corrected chi connectivity index (χ0v) is 16.5. The van der Waals surface area contributed by atoms with Crippen LogP contribution in [0.5, 0.6) is 5.75 Å². The molecule has 8 heteroatoms. The highest BCUT2D eigenvalue weighted by atomic mass is 35.5. The Labute approximate surface area is 173 Å². The van der Waals surface area contributed by atoms with Crippen molar-refractivity contribution in [2.24, 2.45) is 0 Å². The Morgan fingerprint density at radius 3 is 2.48 bits per heavy atom. The van der Waals surface area contributed by atoms with E-state index in [1.54, 1.807) is 42.6 Å². The predicted octanol–water partition coefficient (Wildman–Crippen LogP) is 3.79. The molecule has 0 aliphatic heterocycles. The van der Waals surface area contributed by atoms with Crippen molar-refractivity contribution in [3.05, 3.63) is 71.2 Å². The van der Waals surface area contributed by atoms with Crippen molar-refractivity contribution >= 4 is 23.4 Å². The van der Waals surface area contributed by atoms with Crippen LogP contribution in [0.2, 0.25) is 5.02 Å². The molecule has 0 radical (unpaired) electrons. The summed E-state index contributed by atoms with van der Waals surface area (Å²) in [6, 6.07) is 13.8. The number of nitrogens with zero attached hydrogens (tertiary/aromatic N) is 1. The van der Waals surface area contributed by atoms with Gasteiger partial charge in [-0.05, 0) is 55.5 Å². The van der Waals surface area contributed by atoms with Crippen molar-refractivity contribution in [1.82, 2.24) is 15.8 Å². The van der Waals surface area contributed by atoms with Crippen LogP contribution in [0.15, 0.2) is 59.1 Å². The molecule has 0 spiro atoms. The second-order valence-corrected chi connectivity index (χ2v) is 6.52. The highest BCUT2D eigenvalue weighted by Crippen LogP contribution is 2.22. The van der Waals surface area contributed by atoms with E-state index < -0.39 is 5.91 Å². The third-order valence-electron chi connectivity index (χ3n) is 3.99. The number of carbonyl (C=O) groups excluding carboxylic acids is 2. The van der Waals surface area contributed by atoms with E-state index in [2.05, 4.69) is 15.8 Å². The topological polar surface area (TPSA) is 93.5 Å². The molecule has 0 saturated heterocycles. The van der Waals surface area contributed by atoms with E-state index in [1.165, 1.54) is 0 Å². The number of oxazole rings is 1. The number of nitrogens with one attached hydrogen (secondary N) is 2. The molecule has 7 nitrogen and oxygen atoms in total. The van der Waals surface area contributed by atoms with Crippen LogP contribution >= 0.6 is 11.6 Å². The molecule has 0 aliphatic rings. The van der Waals surface area contributed by atoms with Crippen molar-refractivity contribution < 1.29 is 18.7 Å². The lowest BCUT2D eigenvalue weighted by Gasteiger charge is -2.08. The molecule has 1 heterocycles. The zero-order valence-electron chi connectivity index (χ0n) is 15.8. The summed E-state index contributed by atoms with van der Waals surface area (Å²) in [5.74, 6) is 0.943. The maximum atomic E-state index is 12.1. The molecule has 1 aromatic heterocycles. The van der Waals surface area contributed by atoms with Gasteiger partial charge in [-0.15, -0.1) is 0 Å². The molecule has 0 fully saturated rings. The van der Waals surface area contributed by atoms with Gasteiger partial charge in [0.05, 0.1) is 12.8 Å². The lowest BCUT2D eigenvalue weighted by atomic mass is 10.2. The normalized spacial score (nSPS) is 10.4. The van der Waals surface area contributed by atoms with Gasteiger partial charge in [0, 0.05) is 29.0 Å². The summed E-state index contributed by atoms with van der Waals surface area (Å²) < 4.78 is 11.0. The molecular weight excluding hydrogens is 394 g/mol. The molecule has 3 aromatic rings. The number of halogens is 1. The van der Waals surface area contributed by atoms with Gasteiger partial charge in [-0.2, -0.15) is 0 Å². The minimum atomic E-state index is -0.414. The lowest BCUT2D eigenvalue weighted by Crippen LogP contribution is -2.41. The van der Waals surface area contributed by atoms with Gasteiger partial charge in [0.25, 0.3) is 5.91 Å². The number of carbonyl (C=O) groups is 2. The van der Waals surface area contributed by atoms with Crippen molar-refractivity contribution in [2.45, 2.75) is 19.8 Å². The van der Waals surface area contributed by atoms with Crippen LogP contribution in [0.3, 0.4) is 0 Å². The Morgan fingerprint density at radius 2 is 1.79 bits per heavy atom. The number of rotatable bonds is 7. The van der Waals surface area contributed by atoms with Crippen LogP contribution in [-0.2, 0) is 11.2 Å². The number of hydrazine groups is 1. The molecule has 0 bridgehead atoms. The molecule has 2 N–H and O–H groups in total. The lowest BCUT2D eigenvalue weighted by molar-refractivity contribution is -0.121. The first-order valence-corrected chi connectivity index (χ1v) is 9.45. The van der Waals surface area contributed by atoms with Gasteiger partial charge in [0.15, 0.2) is 11.7 Å². The van der Waals surface area contributed by atoms with Crippen LogP contribution in [0.4, 0.5) is 0 Å². The summed E-state index contributed by atoms with van der Waals surface area (Å²) in [5.41, 5.74) is 6.02. The Hall–Kier alpha value is -3.32. The first kappa shape index (κ1) is 20.4. The highest BCUT2D eigenvalue weighted by Gasteiger charge is 2.11. The fourth-order valence-electron chi connectivity index (χ4n) is 2.52. The minimum Gasteiger partial charge on any atom is -0.494 e. The van der Waals surface area contributed by atoms with Gasteiger partial charge in [0.1, 0.15) is 5.75 Å². The quantitative estimate of drug-likeness (QED) is 0.575. The summed E-state index contributed by atoms with van der Waals surface area (Å²) in [5, 5.41) is 0.637. The van der Waals surface area contributed by atoms with E-state index >= 15 is 0 Å². The van der Waals surface area contributed by atoms with Gasteiger partial charge in [-0.3, -0.25) is 20.4 Å². The largest absolute Gasteiger partial charge is 0.494 e. The Morgan fingerprint density at radius 1 is 1.07 bits per heavy atom. The Kier molecular flexibility index (Phi) is 6.86.